The van der Waals surface area contributed by atoms with E-state index in [-0.39, 0.29) is 11.1 Å². The lowest BCUT2D eigenvalue weighted by Crippen LogP contribution is -2.25. The van der Waals surface area contributed by atoms with Crippen LogP contribution in [0.3, 0.4) is 0 Å². The maximum Gasteiger partial charge on any atom is 0.453 e. The van der Waals surface area contributed by atoms with Crippen molar-refractivity contribution in [2.24, 2.45) is 0 Å². The van der Waals surface area contributed by atoms with Gasteiger partial charge in [0, 0.05) is 5.69 Å². The summed E-state index contributed by atoms with van der Waals surface area (Å²) in [6.07, 6.45) is -4.70. The topological polar surface area (TPSA) is 85.8 Å². The Morgan fingerprint density at radius 3 is 2.65 bits per heavy atom. The number of halogens is 3. The molecule has 0 saturated heterocycles. The molecule has 6 nitrogen and oxygen atoms in total. The number of aryl methyl sites for hydroxylation is 1. The van der Waals surface area contributed by atoms with E-state index in [0.717, 1.165) is 17.3 Å². The zero-order chi connectivity index (χ0) is 17.2. The van der Waals surface area contributed by atoms with Gasteiger partial charge >= 0.3 is 6.18 Å². The van der Waals surface area contributed by atoms with Crippen LogP contribution in [0.1, 0.15) is 18.3 Å². The van der Waals surface area contributed by atoms with Gasteiger partial charge in [-0.2, -0.15) is 13.2 Å². The standard InChI is InChI=1S/C13H14F3N5OS/c1-7-4-3-5-9(6-7)18-10(22)8(2)23-12-20-19-11(21(12)17)13(14,15)16/h3-6,8H,17H2,1-2H3,(H,18,22). The summed E-state index contributed by atoms with van der Waals surface area (Å²) in [5, 5.41) is 8.17. The number of carbonyl (C=O) groups is 1. The molecule has 1 aromatic heterocycles. The van der Waals surface area contributed by atoms with Crippen LogP contribution in [0.5, 0.6) is 0 Å². The normalized spacial score (nSPS) is 12.9. The maximum absolute atomic E-state index is 12.6. The van der Waals surface area contributed by atoms with Gasteiger partial charge in [0.1, 0.15) is 0 Å². The molecule has 2 aromatic rings. The summed E-state index contributed by atoms with van der Waals surface area (Å²) in [7, 11) is 0. The van der Waals surface area contributed by atoms with Crippen LogP contribution in [0.15, 0.2) is 29.4 Å². The molecule has 1 atom stereocenters. The molecule has 10 heteroatoms. The van der Waals surface area contributed by atoms with E-state index in [9.17, 15) is 18.0 Å². The summed E-state index contributed by atoms with van der Waals surface area (Å²) >= 11 is 0.791. The molecule has 124 valence electrons. The van der Waals surface area contributed by atoms with Crippen molar-refractivity contribution in [3.8, 4) is 0 Å². The van der Waals surface area contributed by atoms with E-state index in [1.54, 1.807) is 18.2 Å². The Morgan fingerprint density at radius 2 is 2.09 bits per heavy atom. The summed E-state index contributed by atoms with van der Waals surface area (Å²) < 4.78 is 38.1. The summed E-state index contributed by atoms with van der Waals surface area (Å²) in [5.41, 5.74) is 1.58. The molecular formula is C13H14F3N5OS. The molecule has 0 aliphatic heterocycles. The van der Waals surface area contributed by atoms with Crippen LogP contribution >= 0.6 is 11.8 Å². The van der Waals surface area contributed by atoms with E-state index in [0.29, 0.717) is 10.4 Å². The summed E-state index contributed by atoms with van der Waals surface area (Å²) in [6.45, 7) is 3.42. The second kappa shape index (κ2) is 6.49. The number of amides is 1. The first-order valence-corrected chi connectivity index (χ1v) is 7.38. The fraction of sp³-hybridized carbons (Fsp3) is 0.308. The Hall–Kier alpha value is -2.23. The number of benzene rings is 1. The lowest BCUT2D eigenvalue weighted by Gasteiger charge is -2.12. The van der Waals surface area contributed by atoms with Gasteiger partial charge in [-0.1, -0.05) is 23.9 Å². The largest absolute Gasteiger partial charge is 0.453 e. The number of thioether (sulfide) groups is 1. The average molecular weight is 345 g/mol. The van der Waals surface area contributed by atoms with Crippen LogP contribution < -0.4 is 11.2 Å². The quantitative estimate of drug-likeness (QED) is 0.657. The number of rotatable bonds is 4. The molecule has 2 rings (SSSR count). The Bertz CT molecular complexity index is 716. The number of nitrogens with zero attached hydrogens (tertiary/aromatic N) is 3. The van der Waals surface area contributed by atoms with Gasteiger partial charge in [0.25, 0.3) is 5.82 Å². The molecule has 0 bridgehead atoms. The Morgan fingerprint density at radius 1 is 1.39 bits per heavy atom. The predicted octanol–water partition coefficient (Wildman–Crippen LogP) is 2.44. The van der Waals surface area contributed by atoms with Gasteiger partial charge in [-0.25, -0.2) is 4.68 Å². The first kappa shape index (κ1) is 17.1. The van der Waals surface area contributed by atoms with Crippen molar-refractivity contribution in [1.82, 2.24) is 14.9 Å². The number of alkyl halides is 3. The number of aromatic nitrogens is 3. The highest BCUT2D eigenvalue weighted by Crippen LogP contribution is 2.30. The highest BCUT2D eigenvalue weighted by Gasteiger charge is 2.38. The van der Waals surface area contributed by atoms with E-state index in [4.69, 9.17) is 5.84 Å². The molecule has 0 aliphatic carbocycles. The van der Waals surface area contributed by atoms with Crippen molar-refractivity contribution < 1.29 is 18.0 Å². The third-order valence-electron chi connectivity index (χ3n) is 2.86. The maximum atomic E-state index is 12.6. The van der Waals surface area contributed by atoms with Gasteiger partial charge in [-0.3, -0.25) is 4.79 Å². The lowest BCUT2D eigenvalue weighted by atomic mass is 10.2. The summed E-state index contributed by atoms with van der Waals surface area (Å²) in [6, 6.07) is 7.16. The van der Waals surface area contributed by atoms with Gasteiger partial charge < -0.3 is 11.2 Å². The predicted molar refractivity (Wildman–Crippen MR) is 80.3 cm³/mol. The molecule has 1 amide bonds. The molecule has 0 saturated carbocycles. The third kappa shape index (κ3) is 4.15. The highest BCUT2D eigenvalue weighted by molar-refractivity contribution is 8.00. The van der Waals surface area contributed by atoms with E-state index < -0.39 is 17.3 Å². The van der Waals surface area contributed by atoms with Gasteiger partial charge in [-0.15, -0.1) is 10.2 Å². The molecule has 0 aliphatic rings. The van der Waals surface area contributed by atoms with Crippen molar-refractivity contribution in [1.29, 1.82) is 0 Å². The highest BCUT2D eigenvalue weighted by atomic mass is 32.2. The van der Waals surface area contributed by atoms with Gasteiger partial charge in [0.2, 0.25) is 11.1 Å². The van der Waals surface area contributed by atoms with Gasteiger partial charge in [-0.05, 0) is 31.5 Å². The smallest absolute Gasteiger partial charge is 0.335 e. The molecule has 0 spiro atoms. The van der Waals surface area contributed by atoms with Gasteiger partial charge in [0.15, 0.2) is 0 Å². The molecule has 23 heavy (non-hydrogen) atoms. The molecule has 3 N–H and O–H groups in total. The summed E-state index contributed by atoms with van der Waals surface area (Å²) in [5.74, 6) is 3.64. The van der Waals surface area contributed by atoms with Crippen molar-refractivity contribution in [2.75, 3.05) is 11.2 Å². The average Bonchev–Trinajstić information content (AvgIpc) is 2.80. The van der Waals surface area contributed by atoms with E-state index in [1.807, 2.05) is 13.0 Å². The fourth-order valence-corrected chi connectivity index (χ4v) is 2.50. The minimum atomic E-state index is -4.70. The second-order valence-electron chi connectivity index (χ2n) is 4.79. The summed E-state index contributed by atoms with van der Waals surface area (Å²) in [4.78, 5) is 12.1. The van der Waals surface area contributed by atoms with E-state index in [1.165, 1.54) is 6.92 Å². The number of hydrogen-bond donors (Lipinski definition) is 2. The zero-order valence-corrected chi connectivity index (χ0v) is 13.1. The Balaban J connectivity index is 2.06. The third-order valence-corrected chi connectivity index (χ3v) is 3.91. The fourth-order valence-electron chi connectivity index (χ4n) is 1.73. The minimum Gasteiger partial charge on any atom is -0.335 e. The number of nitrogens with one attached hydrogen (secondary N) is 1. The molecule has 0 fully saturated rings. The van der Waals surface area contributed by atoms with Crippen LogP contribution in [0.25, 0.3) is 0 Å². The molecule has 1 heterocycles. The zero-order valence-electron chi connectivity index (χ0n) is 12.3. The van der Waals surface area contributed by atoms with Crippen molar-refractivity contribution in [3.63, 3.8) is 0 Å². The van der Waals surface area contributed by atoms with Crippen LogP contribution in [0, 0.1) is 6.92 Å². The van der Waals surface area contributed by atoms with E-state index in [2.05, 4.69) is 15.5 Å². The van der Waals surface area contributed by atoms with Crippen LogP contribution in [-0.4, -0.2) is 26.0 Å². The van der Waals surface area contributed by atoms with Gasteiger partial charge in [0.05, 0.1) is 5.25 Å². The number of hydrogen-bond acceptors (Lipinski definition) is 5. The molecule has 0 radical (unpaired) electrons. The minimum absolute atomic E-state index is 0.191. The van der Waals surface area contributed by atoms with Crippen molar-refractivity contribution in [2.45, 2.75) is 30.4 Å². The molecular weight excluding hydrogens is 331 g/mol. The number of anilines is 1. The van der Waals surface area contributed by atoms with E-state index >= 15 is 0 Å². The lowest BCUT2D eigenvalue weighted by molar-refractivity contribution is -0.146. The monoisotopic (exact) mass is 345 g/mol. The SMILES string of the molecule is Cc1cccc(NC(=O)C(C)Sc2nnc(C(F)(F)F)n2N)c1. The number of nitrogen functional groups attached to an aromatic ring is 1. The molecule has 1 aromatic carbocycles. The molecule has 1 unspecified atom stereocenters. The number of carbonyl (C=O) groups excluding carboxylic acids is 1. The Kier molecular flexibility index (Phi) is 4.83. The van der Waals surface area contributed by atoms with Crippen LogP contribution in [-0.2, 0) is 11.0 Å². The van der Waals surface area contributed by atoms with Crippen LogP contribution in [0.4, 0.5) is 18.9 Å². The van der Waals surface area contributed by atoms with Crippen molar-refractivity contribution >= 4 is 23.4 Å². The first-order valence-electron chi connectivity index (χ1n) is 6.50. The van der Waals surface area contributed by atoms with Crippen LogP contribution in [0.2, 0.25) is 0 Å². The van der Waals surface area contributed by atoms with Crippen molar-refractivity contribution in [3.05, 3.63) is 35.7 Å². The number of nitrogens with two attached hydrogens (primary N) is 1. The second-order valence-corrected chi connectivity index (χ2v) is 6.10. The first-order chi connectivity index (χ1) is 10.7. The Labute approximate surface area is 134 Å².